The summed E-state index contributed by atoms with van der Waals surface area (Å²) in [4.78, 5) is 5.32. The second-order valence-corrected chi connectivity index (χ2v) is 13.1. The van der Waals surface area contributed by atoms with Crippen molar-refractivity contribution in [2.24, 2.45) is 0 Å². The number of benzene rings is 7. The van der Waals surface area contributed by atoms with Crippen molar-refractivity contribution in [1.82, 2.24) is 14.0 Å². The van der Waals surface area contributed by atoms with Crippen LogP contribution in [0.5, 0.6) is 0 Å². The third-order valence-electron chi connectivity index (χ3n) is 9.65. The largest absolute Gasteiger partial charge is 0.309 e. The number of pyridine rings is 1. The van der Waals surface area contributed by atoms with Gasteiger partial charge in [0, 0.05) is 52.8 Å². The van der Waals surface area contributed by atoms with Gasteiger partial charge in [0.2, 0.25) is 0 Å². The molecule has 11 rings (SSSR count). The highest BCUT2D eigenvalue weighted by Crippen LogP contribution is 2.42. The van der Waals surface area contributed by atoms with Crippen LogP contribution in [0.2, 0.25) is 0 Å². The Balaban J connectivity index is 1.35. The number of para-hydroxylation sites is 1. The molecule has 0 bridgehead atoms. The number of hydrogen-bond acceptors (Lipinski definition) is 2. The van der Waals surface area contributed by atoms with Crippen LogP contribution >= 0.6 is 11.3 Å². The van der Waals surface area contributed by atoms with Crippen LogP contribution in [0.1, 0.15) is 0 Å². The van der Waals surface area contributed by atoms with Crippen molar-refractivity contribution in [3.8, 4) is 5.69 Å². The Hall–Kier alpha value is -5.71. The highest BCUT2D eigenvalue weighted by Gasteiger charge is 2.20. The van der Waals surface area contributed by atoms with Gasteiger partial charge in [-0.05, 0) is 53.2 Å². The molecule has 0 aliphatic heterocycles. The van der Waals surface area contributed by atoms with Crippen LogP contribution in [0.25, 0.3) is 96.8 Å². The molecule has 0 saturated carbocycles. The molecule has 7 aromatic carbocycles. The number of rotatable bonds is 1. The van der Waals surface area contributed by atoms with Crippen molar-refractivity contribution in [3.05, 3.63) is 140 Å². The van der Waals surface area contributed by atoms with Gasteiger partial charge in [0.1, 0.15) is 5.65 Å². The van der Waals surface area contributed by atoms with Gasteiger partial charge in [-0.2, -0.15) is 0 Å². The Morgan fingerprint density at radius 2 is 1.18 bits per heavy atom. The van der Waals surface area contributed by atoms with Crippen molar-refractivity contribution in [2.45, 2.75) is 0 Å². The highest BCUT2D eigenvalue weighted by molar-refractivity contribution is 7.25. The maximum absolute atomic E-state index is 5.32. The fourth-order valence-electron chi connectivity index (χ4n) is 7.70. The molecule has 0 atom stereocenters. The number of fused-ring (bicyclic) bond motifs is 16. The normalized spacial score (nSPS) is 12.4. The maximum Gasteiger partial charge on any atom is 0.146 e. The zero-order valence-corrected chi connectivity index (χ0v) is 24.8. The molecular weight excluding hydrogens is 567 g/mol. The number of imidazole rings is 1. The molecule has 0 N–H and O–H groups in total. The van der Waals surface area contributed by atoms with E-state index in [1.165, 1.54) is 80.1 Å². The minimum Gasteiger partial charge on any atom is -0.309 e. The SMILES string of the molecule is c1ccc2c(c1)ccc1c3cc4nc5c6ccccc6c6ccccc6n5c4cc3n(-c3ccc4sc5ccccc5c4c3)c21. The highest BCUT2D eigenvalue weighted by atomic mass is 32.1. The summed E-state index contributed by atoms with van der Waals surface area (Å²) in [5, 5.41) is 11.2. The standard InChI is InChI=1S/C41H23N3S/c1-2-10-26-24(9-1)17-19-30-32-22-34-37(44-35-15-7-5-12-28(35)27-11-3-4-14-31(27)41(44)42-34)23-36(32)43(40(26)30)25-18-20-39-33(21-25)29-13-6-8-16-38(29)45-39/h1-23H. The molecule has 0 aliphatic rings. The first kappa shape index (κ1) is 23.7. The predicted octanol–water partition coefficient (Wildman–Crippen LogP) is 11.4. The van der Waals surface area contributed by atoms with E-state index < -0.39 is 0 Å². The van der Waals surface area contributed by atoms with Crippen LogP contribution in [-0.4, -0.2) is 14.0 Å². The number of aromatic nitrogens is 3. The third kappa shape index (κ3) is 3.06. The lowest BCUT2D eigenvalue weighted by molar-refractivity contribution is 1.19. The van der Waals surface area contributed by atoms with Gasteiger partial charge in [-0.3, -0.25) is 4.40 Å². The van der Waals surface area contributed by atoms with Gasteiger partial charge in [-0.15, -0.1) is 11.3 Å². The molecule has 0 spiro atoms. The molecule has 45 heavy (non-hydrogen) atoms. The van der Waals surface area contributed by atoms with Gasteiger partial charge in [0.25, 0.3) is 0 Å². The summed E-state index contributed by atoms with van der Waals surface area (Å²) >= 11 is 1.86. The van der Waals surface area contributed by atoms with E-state index in [4.69, 9.17) is 4.98 Å². The Morgan fingerprint density at radius 1 is 0.444 bits per heavy atom. The van der Waals surface area contributed by atoms with E-state index in [0.717, 1.165) is 16.7 Å². The van der Waals surface area contributed by atoms with Gasteiger partial charge in [0.05, 0.1) is 27.6 Å². The van der Waals surface area contributed by atoms with Crippen LogP contribution in [0.15, 0.2) is 140 Å². The molecule has 0 radical (unpaired) electrons. The first-order valence-corrected chi connectivity index (χ1v) is 16.1. The molecule has 0 unspecified atom stereocenters. The molecule has 0 saturated heterocycles. The third-order valence-corrected chi connectivity index (χ3v) is 10.8. The van der Waals surface area contributed by atoms with Crippen LogP contribution in [0.4, 0.5) is 0 Å². The summed E-state index contributed by atoms with van der Waals surface area (Å²) in [6.45, 7) is 0. The minimum absolute atomic E-state index is 0.999. The van der Waals surface area contributed by atoms with E-state index in [-0.39, 0.29) is 0 Å². The molecule has 208 valence electrons. The van der Waals surface area contributed by atoms with E-state index in [1.807, 2.05) is 11.3 Å². The van der Waals surface area contributed by atoms with Crippen molar-refractivity contribution in [1.29, 1.82) is 0 Å². The zero-order valence-electron chi connectivity index (χ0n) is 24.0. The minimum atomic E-state index is 0.999. The van der Waals surface area contributed by atoms with Gasteiger partial charge < -0.3 is 4.57 Å². The molecule has 0 amide bonds. The summed E-state index contributed by atoms with van der Waals surface area (Å²) in [5.41, 5.74) is 7.90. The van der Waals surface area contributed by atoms with Crippen LogP contribution in [-0.2, 0) is 0 Å². The van der Waals surface area contributed by atoms with Gasteiger partial charge in [-0.25, -0.2) is 4.98 Å². The molecule has 0 aliphatic carbocycles. The van der Waals surface area contributed by atoms with Gasteiger partial charge in [-0.1, -0.05) is 97.1 Å². The quantitative estimate of drug-likeness (QED) is 0.175. The van der Waals surface area contributed by atoms with Crippen molar-refractivity contribution in [3.63, 3.8) is 0 Å². The molecule has 11 aromatic rings. The Kier molecular flexibility index (Phi) is 4.46. The van der Waals surface area contributed by atoms with E-state index in [1.54, 1.807) is 0 Å². The average molecular weight is 590 g/mol. The first-order valence-electron chi connectivity index (χ1n) is 15.3. The molecule has 3 nitrogen and oxygen atoms in total. The number of thiophene rings is 1. The monoisotopic (exact) mass is 589 g/mol. The topological polar surface area (TPSA) is 22.2 Å². The lowest BCUT2D eigenvalue weighted by atomic mass is 10.1. The Labute approximate surface area is 260 Å². The Morgan fingerprint density at radius 3 is 2.09 bits per heavy atom. The molecule has 4 aromatic heterocycles. The van der Waals surface area contributed by atoms with Crippen molar-refractivity contribution < 1.29 is 0 Å². The summed E-state index contributed by atoms with van der Waals surface area (Å²) in [7, 11) is 0. The molecule has 0 fully saturated rings. The lowest BCUT2D eigenvalue weighted by Crippen LogP contribution is -1.95. The van der Waals surface area contributed by atoms with Crippen molar-refractivity contribution >= 4 is 102 Å². The first-order chi connectivity index (χ1) is 22.3. The summed E-state index contributed by atoms with van der Waals surface area (Å²) < 4.78 is 7.49. The lowest BCUT2D eigenvalue weighted by Gasteiger charge is -2.11. The maximum atomic E-state index is 5.32. The van der Waals surface area contributed by atoms with E-state index in [9.17, 15) is 0 Å². The zero-order chi connectivity index (χ0) is 29.2. The molecule has 4 heteroatoms. The van der Waals surface area contributed by atoms with E-state index in [2.05, 4.69) is 148 Å². The number of nitrogens with zero attached hydrogens (tertiary/aromatic N) is 3. The fourth-order valence-corrected chi connectivity index (χ4v) is 8.79. The van der Waals surface area contributed by atoms with E-state index in [0.29, 0.717) is 0 Å². The van der Waals surface area contributed by atoms with Crippen molar-refractivity contribution in [2.75, 3.05) is 0 Å². The van der Waals surface area contributed by atoms with Gasteiger partial charge in [0.15, 0.2) is 0 Å². The summed E-state index contributed by atoms with van der Waals surface area (Å²) in [6.07, 6.45) is 0. The Bertz CT molecular complexity index is 3050. The van der Waals surface area contributed by atoms with Gasteiger partial charge >= 0.3 is 0 Å². The fraction of sp³-hybridized carbons (Fsp3) is 0. The molecular formula is C41H23N3S. The van der Waals surface area contributed by atoms with E-state index >= 15 is 0 Å². The van der Waals surface area contributed by atoms with Crippen LogP contribution < -0.4 is 0 Å². The second-order valence-electron chi connectivity index (χ2n) is 12.0. The average Bonchev–Trinajstić information content (AvgIpc) is 3.76. The smallest absolute Gasteiger partial charge is 0.146 e. The van der Waals surface area contributed by atoms with Crippen LogP contribution in [0.3, 0.4) is 0 Å². The summed E-state index contributed by atoms with van der Waals surface area (Å²) in [5.74, 6) is 0. The number of hydrogen-bond donors (Lipinski definition) is 0. The summed E-state index contributed by atoms with van der Waals surface area (Å²) in [6, 6.07) is 51.1. The molecule has 4 heterocycles. The second kappa shape index (κ2) is 8.47. The van der Waals surface area contributed by atoms with Crippen LogP contribution in [0, 0.1) is 0 Å². The predicted molar refractivity (Wildman–Crippen MR) is 192 cm³/mol.